The molecule has 1 rings (SSSR count). The molecule has 0 bridgehead atoms. The molecule has 0 saturated carbocycles. The fourth-order valence-corrected chi connectivity index (χ4v) is 0.735. The molecule has 1 atom stereocenters. The summed E-state index contributed by atoms with van der Waals surface area (Å²) in [5.74, 6) is 0.488. The predicted octanol–water partition coefficient (Wildman–Crippen LogP) is 1.09. The van der Waals surface area contributed by atoms with Crippen LogP contribution in [0.3, 0.4) is 0 Å². The minimum atomic E-state index is -0.888. The van der Waals surface area contributed by atoms with Crippen LogP contribution in [0.25, 0.3) is 0 Å². The van der Waals surface area contributed by atoms with Gasteiger partial charge in [-0.3, -0.25) is 0 Å². The molecule has 0 aliphatic carbocycles. The second-order valence-corrected chi connectivity index (χ2v) is 2.70. The highest BCUT2D eigenvalue weighted by molar-refractivity contribution is 4.98. The van der Waals surface area contributed by atoms with Gasteiger partial charge in [-0.1, -0.05) is 6.92 Å². The lowest BCUT2D eigenvalue weighted by Gasteiger charge is -2.18. The van der Waals surface area contributed by atoms with Crippen molar-refractivity contribution in [2.75, 3.05) is 0 Å². The molecule has 3 nitrogen and oxygen atoms in total. The summed E-state index contributed by atoms with van der Waals surface area (Å²) in [6.45, 7) is 3.61. The average molecular weight is 152 g/mol. The van der Waals surface area contributed by atoms with Crippen LogP contribution in [0.2, 0.25) is 0 Å². The normalized spacial score (nSPS) is 15.9. The van der Waals surface area contributed by atoms with Crippen molar-refractivity contribution < 1.29 is 5.11 Å². The van der Waals surface area contributed by atoms with Crippen molar-refractivity contribution in [3.05, 3.63) is 24.3 Å². The Labute approximate surface area is 66.1 Å². The third kappa shape index (κ3) is 1.74. The molecule has 1 heterocycles. The minimum Gasteiger partial charge on any atom is -0.382 e. The van der Waals surface area contributed by atoms with Crippen molar-refractivity contribution in [2.24, 2.45) is 0 Å². The molecule has 1 N–H and O–H groups in total. The fraction of sp³-hybridized carbons (Fsp3) is 0.500. The number of hydrogen-bond donors (Lipinski definition) is 1. The Balaban J connectivity index is 2.93. The zero-order valence-electron chi connectivity index (χ0n) is 6.78. The lowest BCUT2D eigenvalue weighted by molar-refractivity contribution is 0.0436. The molecule has 0 amide bonds. The van der Waals surface area contributed by atoms with E-state index in [0.717, 1.165) is 0 Å². The first-order chi connectivity index (χ1) is 5.17. The van der Waals surface area contributed by atoms with Gasteiger partial charge in [0, 0.05) is 12.4 Å². The lowest BCUT2D eigenvalue weighted by atomic mass is 10.0. The van der Waals surface area contributed by atoms with Gasteiger partial charge in [-0.15, -0.1) is 0 Å². The quantitative estimate of drug-likeness (QED) is 0.690. The highest BCUT2D eigenvalue weighted by Crippen LogP contribution is 2.18. The Kier molecular flexibility index (Phi) is 2.19. The van der Waals surface area contributed by atoms with Gasteiger partial charge in [-0.05, 0) is 19.4 Å². The Morgan fingerprint density at radius 1 is 1.45 bits per heavy atom. The van der Waals surface area contributed by atoms with Gasteiger partial charge in [-0.2, -0.15) is 0 Å². The smallest absolute Gasteiger partial charge is 0.159 e. The zero-order valence-corrected chi connectivity index (χ0v) is 6.78. The molecule has 0 aromatic carbocycles. The van der Waals surface area contributed by atoms with Gasteiger partial charge in [-0.25, -0.2) is 9.97 Å². The van der Waals surface area contributed by atoms with E-state index >= 15 is 0 Å². The number of aliphatic hydroxyl groups is 1. The molecule has 1 unspecified atom stereocenters. The predicted molar refractivity (Wildman–Crippen MR) is 41.9 cm³/mol. The van der Waals surface area contributed by atoms with Gasteiger partial charge in [0.2, 0.25) is 0 Å². The van der Waals surface area contributed by atoms with E-state index in [1.807, 2.05) is 6.92 Å². The maximum absolute atomic E-state index is 9.67. The van der Waals surface area contributed by atoms with Crippen LogP contribution in [-0.2, 0) is 5.60 Å². The summed E-state index contributed by atoms with van der Waals surface area (Å²) < 4.78 is 0. The van der Waals surface area contributed by atoms with E-state index in [9.17, 15) is 5.11 Å². The molecular weight excluding hydrogens is 140 g/mol. The first kappa shape index (κ1) is 8.14. The van der Waals surface area contributed by atoms with Crippen molar-refractivity contribution in [3.8, 4) is 0 Å². The van der Waals surface area contributed by atoms with Crippen molar-refractivity contribution in [2.45, 2.75) is 25.9 Å². The number of aromatic nitrogens is 2. The minimum absolute atomic E-state index is 0.488. The molecule has 1 aromatic rings. The van der Waals surface area contributed by atoms with E-state index in [4.69, 9.17) is 0 Å². The summed E-state index contributed by atoms with van der Waals surface area (Å²) in [7, 11) is 0. The number of nitrogens with zero attached hydrogens (tertiary/aromatic N) is 2. The van der Waals surface area contributed by atoms with E-state index in [1.165, 1.54) is 0 Å². The molecule has 1 aromatic heterocycles. The Bertz CT molecular complexity index is 221. The lowest BCUT2D eigenvalue weighted by Crippen LogP contribution is -2.22. The molecule has 3 heteroatoms. The third-order valence-electron chi connectivity index (χ3n) is 1.74. The molecule has 11 heavy (non-hydrogen) atoms. The SMILES string of the molecule is CCC(C)(O)c1ncccn1. The number of rotatable bonds is 2. The fourth-order valence-electron chi connectivity index (χ4n) is 0.735. The maximum atomic E-state index is 9.67. The summed E-state index contributed by atoms with van der Waals surface area (Å²) in [6, 6.07) is 1.73. The molecule has 0 aliphatic rings. The Hall–Kier alpha value is -0.960. The number of hydrogen-bond acceptors (Lipinski definition) is 3. The van der Waals surface area contributed by atoms with Crippen LogP contribution in [0, 0.1) is 0 Å². The summed E-state index contributed by atoms with van der Waals surface area (Å²) in [5, 5.41) is 9.67. The van der Waals surface area contributed by atoms with Crippen molar-refractivity contribution in [3.63, 3.8) is 0 Å². The monoisotopic (exact) mass is 152 g/mol. The molecule has 0 aliphatic heterocycles. The highest BCUT2D eigenvalue weighted by atomic mass is 16.3. The molecule has 0 spiro atoms. The van der Waals surface area contributed by atoms with Gasteiger partial charge in [0.1, 0.15) is 5.60 Å². The van der Waals surface area contributed by atoms with E-state index in [0.29, 0.717) is 12.2 Å². The van der Waals surface area contributed by atoms with Crippen molar-refractivity contribution >= 4 is 0 Å². The summed E-state index contributed by atoms with van der Waals surface area (Å²) in [6.07, 6.45) is 3.88. The third-order valence-corrected chi connectivity index (χ3v) is 1.74. The first-order valence-corrected chi connectivity index (χ1v) is 3.66. The second-order valence-electron chi connectivity index (χ2n) is 2.70. The largest absolute Gasteiger partial charge is 0.382 e. The average Bonchev–Trinajstić information content (AvgIpc) is 2.06. The molecular formula is C8H12N2O. The molecule has 60 valence electrons. The summed E-state index contributed by atoms with van der Waals surface area (Å²) in [4.78, 5) is 7.92. The van der Waals surface area contributed by atoms with Gasteiger partial charge >= 0.3 is 0 Å². The van der Waals surface area contributed by atoms with Gasteiger partial charge in [0.25, 0.3) is 0 Å². The van der Waals surface area contributed by atoms with E-state index in [-0.39, 0.29) is 0 Å². The van der Waals surface area contributed by atoms with Crippen LogP contribution in [0.4, 0.5) is 0 Å². The van der Waals surface area contributed by atoms with Crippen LogP contribution >= 0.6 is 0 Å². The van der Waals surface area contributed by atoms with Crippen LogP contribution in [-0.4, -0.2) is 15.1 Å². The van der Waals surface area contributed by atoms with Crippen LogP contribution in [0.5, 0.6) is 0 Å². The van der Waals surface area contributed by atoms with E-state index < -0.39 is 5.60 Å². The Morgan fingerprint density at radius 3 is 2.45 bits per heavy atom. The van der Waals surface area contributed by atoms with Gasteiger partial charge in [0.05, 0.1) is 0 Å². The summed E-state index contributed by atoms with van der Waals surface area (Å²) in [5.41, 5.74) is -0.888. The van der Waals surface area contributed by atoms with E-state index in [1.54, 1.807) is 25.4 Å². The highest BCUT2D eigenvalue weighted by Gasteiger charge is 2.22. The summed E-state index contributed by atoms with van der Waals surface area (Å²) >= 11 is 0. The van der Waals surface area contributed by atoms with Crippen LogP contribution in [0.1, 0.15) is 26.1 Å². The molecule has 0 fully saturated rings. The maximum Gasteiger partial charge on any atom is 0.159 e. The first-order valence-electron chi connectivity index (χ1n) is 3.66. The topological polar surface area (TPSA) is 46.0 Å². The van der Waals surface area contributed by atoms with Crippen LogP contribution < -0.4 is 0 Å². The molecule has 0 radical (unpaired) electrons. The van der Waals surface area contributed by atoms with Crippen molar-refractivity contribution in [1.82, 2.24) is 9.97 Å². The Morgan fingerprint density at radius 2 is 2.00 bits per heavy atom. The van der Waals surface area contributed by atoms with Crippen molar-refractivity contribution in [1.29, 1.82) is 0 Å². The van der Waals surface area contributed by atoms with E-state index in [2.05, 4.69) is 9.97 Å². The van der Waals surface area contributed by atoms with Gasteiger partial charge in [0.15, 0.2) is 5.82 Å². The second kappa shape index (κ2) is 2.96. The zero-order chi connectivity index (χ0) is 8.32. The molecule has 0 saturated heterocycles. The van der Waals surface area contributed by atoms with Gasteiger partial charge < -0.3 is 5.11 Å². The standard InChI is InChI=1S/C8H12N2O/c1-3-8(2,11)7-9-5-4-6-10-7/h4-6,11H,3H2,1-2H3. The van der Waals surface area contributed by atoms with Crippen LogP contribution in [0.15, 0.2) is 18.5 Å².